The monoisotopic (exact) mass is 264 g/mol. The van der Waals surface area contributed by atoms with Crippen molar-refractivity contribution in [2.75, 3.05) is 19.2 Å². The molecule has 0 aliphatic heterocycles. The second kappa shape index (κ2) is 9.95. The molecule has 7 heteroatoms. The number of carbonyl (C=O) groups is 3. The lowest BCUT2D eigenvalue weighted by Gasteiger charge is -2.04. The predicted molar refractivity (Wildman–Crippen MR) is 61.4 cm³/mol. The zero-order chi connectivity index (χ0) is 13.1. The van der Waals surface area contributed by atoms with Gasteiger partial charge < -0.3 is 14.2 Å². The molecular formula is C10H16O6S. The average molecular weight is 264 g/mol. The first-order valence-electron chi connectivity index (χ1n) is 5.20. The predicted octanol–water partition coefficient (Wildman–Crippen LogP) is 1.72. The summed E-state index contributed by atoms with van der Waals surface area (Å²) in [6.45, 7) is 3.28. The van der Waals surface area contributed by atoms with Gasteiger partial charge in [-0.3, -0.25) is 9.59 Å². The van der Waals surface area contributed by atoms with Crippen LogP contribution in [0.3, 0.4) is 0 Å². The first-order chi connectivity index (χ1) is 8.10. The van der Waals surface area contributed by atoms with Gasteiger partial charge in [0.15, 0.2) is 0 Å². The van der Waals surface area contributed by atoms with Crippen molar-refractivity contribution < 1.29 is 28.6 Å². The Morgan fingerprint density at radius 2 is 1.71 bits per heavy atom. The molecule has 0 radical (unpaired) electrons. The molecule has 0 rings (SSSR count). The van der Waals surface area contributed by atoms with Gasteiger partial charge in [0.05, 0.1) is 13.0 Å². The van der Waals surface area contributed by atoms with E-state index in [0.717, 1.165) is 11.8 Å². The molecule has 0 aliphatic carbocycles. The highest BCUT2D eigenvalue weighted by atomic mass is 32.2. The van der Waals surface area contributed by atoms with E-state index in [1.54, 1.807) is 13.8 Å². The van der Waals surface area contributed by atoms with Crippen molar-refractivity contribution >= 4 is 29.0 Å². The van der Waals surface area contributed by atoms with E-state index in [9.17, 15) is 14.4 Å². The summed E-state index contributed by atoms with van der Waals surface area (Å²) in [7, 11) is 0. The molecular weight excluding hydrogens is 248 g/mol. The number of rotatable bonds is 7. The molecule has 0 spiro atoms. The molecule has 0 N–H and O–H groups in total. The Kier molecular flexibility index (Phi) is 9.22. The molecule has 98 valence electrons. The summed E-state index contributed by atoms with van der Waals surface area (Å²) < 4.78 is 13.8. The molecule has 0 bridgehead atoms. The van der Waals surface area contributed by atoms with Crippen LogP contribution in [0, 0.1) is 0 Å². The third-order valence-corrected chi connectivity index (χ3v) is 2.28. The van der Waals surface area contributed by atoms with Gasteiger partial charge in [-0.25, -0.2) is 4.79 Å². The summed E-state index contributed by atoms with van der Waals surface area (Å²) in [5, 5.41) is -0.585. The van der Waals surface area contributed by atoms with Crippen LogP contribution in [-0.4, -0.2) is 36.4 Å². The fraction of sp³-hybridized carbons (Fsp3) is 0.700. The quantitative estimate of drug-likeness (QED) is 0.511. The summed E-state index contributed by atoms with van der Waals surface area (Å²) in [5.41, 5.74) is 0. The third kappa shape index (κ3) is 9.68. The van der Waals surface area contributed by atoms with Crippen molar-refractivity contribution in [2.24, 2.45) is 0 Å². The lowest BCUT2D eigenvalue weighted by molar-refractivity contribution is -0.150. The molecule has 0 saturated heterocycles. The zero-order valence-electron chi connectivity index (χ0n) is 9.89. The Hall–Kier alpha value is -1.24. The molecule has 17 heavy (non-hydrogen) atoms. The maximum absolute atomic E-state index is 11.0. The van der Waals surface area contributed by atoms with Crippen molar-refractivity contribution in [3.63, 3.8) is 0 Å². The largest absolute Gasteiger partial charge is 0.466 e. The zero-order valence-corrected chi connectivity index (χ0v) is 10.7. The summed E-state index contributed by atoms with van der Waals surface area (Å²) in [6.07, 6.45) is 0.371. The summed E-state index contributed by atoms with van der Waals surface area (Å²) in [6, 6.07) is 0. The normalized spacial score (nSPS) is 9.53. The highest BCUT2D eigenvalue weighted by molar-refractivity contribution is 8.13. The molecule has 0 unspecified atom stereocenters. The second-order valence-corrected chi connectivity index (χ2v) is 3.82. The van der Waals surface area contributed by atoms with E-state index in [1.165, 1.54) is 0 Å². The number of ether oxygens (including phenoxy) is 3. The smallest absolute Gasteiger partial charge is 0.370 e. The van der Waals surface area contributed by atoms with Gasteiger partial charge in [-0.05, 0) is 18.7 Å². The maximum atomic E-state index is 11.0. The Bertz CT molecular complexity index is 266. The number of thioether (sulfide) groups is 1. The van der Waals surface area contributed by atoms with E-state index in [2.05, 4.69) is 14.2 Å². The van der Waals surface area contributed by atoms with Crippen molar-refractivity contribution in [2.45, 2.75) is 26.7 Å². The Balaban J connectivity index is 3.47. The molecule has 0 atom stereocenters. The highest BCUT2D eigenvalue weighted by Gasteiger charge is 2.08. The minimum atomic E-state index is -0.585. The standard InChI is InChI=1S/C10H16O6S/c1-3-8(11)15-7-16-10(13)17-6-5-9(12)14-4-2/h3-7H2,1-2H3. The lowest BCUT2D eigenvalue weighted by atomic mass is 10.5. The van der Waals surface area contributed by atoms with Crippen LogP contribution >= 0.6 is 11.8 Å². The van der Waals surface area contributed by atoms with Crippen LogP contribution in [0.4, 0.5) is 4.79 Å². The molecule has 6 nitrogen and oxygen atoms in total. The van der Waals surface area contributed by atoms with Gasteiger partial charge in [0.25, 0.3) is 0 Å². The molecule has 0 fully saturated rings. The fourth-order valence-corrected chi connectivity index (χ4v) is 1.30. The van der Waals surface area contributed by atoms with Gasteiger partial charge in [-0.1, -0.05) is 6.92 Å². The molecule has 0 heterocycles. The van der Waals surface area contributed by atoms with Crippen LogP contribution < -0.4 is 0 Å². The summed E-state index contributed by atoms with van der Waals surface area (Å²) >= 11 is 0.837. The van der Waals surface area contributed by atoms with Crippen LogP contribution in [0.15, 0.2) is 0 Å². The Morgan fingerprint density at radius 1 is 1.00 bits per heavy atom. The van der Waals surface area contributed by atoms with Gasteiger partial charge in [0.2, 0.25) is 6.79 Å². The SMILES string of the molecule is CCOC(=O)CCSC(=O)OCOC(=O)CC. The van der Waals surface area contributed by atoms with E-state index in [0.29, 0.717) is 6.61 Å². The van der Waals surface area contributed by atoms with Crippen LogP contribution in [0.1, 0.15) is 26.7 Å². The molecule has 0 aromatic carbocycles. The van der Waals surface area contributed by atoms with Crippen molar-refractivity contribution in [3.05, 3.63) is 0 Å². The first-order valence-corrected chi connectivity index (χ1v) is 6.19. The number of hydrogen-bond acceptors (Lipinski definition) is 7. The highest BCUT2D eigenvalue weighted by Crippen LogP contribution is 2.07. The van der Waals surface area contributed by atoms with Gasteiger partial charge in [0, 0.05) is 12.2 Å². The Labute approximate surface area is 104 Å². The van der Waals surface area contributed by atoms with Gasteiger partial charge >= 0.3 is 17.2 Å². The van der Waals surface area contributed by atoms with E-state index < -0.39 is 18.1 Å². The fourth-order valence-electron chi connectivity index (χ4n) is 0.738. The van der Waals surface area contributed by atoms with Crippen molar-refractivity contribution in [1.82, 2.24) is 0 Å². The molecule has 0 saturated carbocycles. The van der Waals surface area contributed by atoms with E-state index >= 15 is 0 Å². The first kappa shape index (κ1) is 15.8. The van der Waals surface area contributed by atoms with Gasteiger partial charge in [-0.2, -0.15) is 0 Å². The molecule has 0 aromatic rings. The lowest BCUT2D eigenvalue weighted by Crippen LogP contribution is -2.10. The maximum Gasteiger partial charge on any atom is 0.370 e. The van der Waals surface area contributed by atoms with Crippen molar-refractivity contribution in [3.8, 4) is 0 Å². The van der Waals surface area contributed by atoms with E-state index in [4.69, 9.17) is 0 Å². The molecule has 0 aromatic heterocycles. The summed E-state index contributed by atoms with van der Waals surface area (Å²) in [5.74, 6) is -0.515. The number of hydrogen-bond donors (Lipinski definition) is 0. The second-order valence-electron chi connectivity index (χ2n) is 2.79. The van der Waals surface area contributed by atoms with Crippen LogP contribution in [0.25, 0.3) is 0 Å². The number of esters is 2. The van der Waals surface area contributed by atoms with Crippen LogP contribution in [0.2, 0.25) is 0 Å². The minimum Gasteiger partial charge on any atom is -0.466 e. The summed E-state index contributed by atoms with van der Waals surface area (Å²) in [4.78, 5) is 32.6. The van der Waals surface area contributed by atoms with Crippen LogP contribution in [0.5, 0.6) is 0 Å². The molecule has 0 amide bonds. The van der Waals surface area contributed by atoms with Crippen LogP contribution in [-0.2, 0) is 23.8 Å². The van der Waals surface area contributed by atoms with E-state index in [1.807, 2.05) is 0 Å². The number of carbonyl (C=O) groups excluding carboxylic acids is 3. The van der Waals surface area contributed by atoms with E-state index in [-0.39, 0.29) is 24.6 Å². The topological polar surface area (TPSA) is 78.9 Å². The van der Waals surface area contributed by atoms with Crippen molar-refractivity contribution in [1.29, 1.82) is 0 Å². The van der Waals surface area contributed by atoms with Gasteiger partial charge in [0.1, 0.15) is 0 Å². The third-order valence-electron chi connectivity index (χ3n) is 1.52. The molecule has 0 aliphatic rings. The Morgan fingerprint density at radius 3 is 2.29 bits per heavy atom. The minimum absolute atomic E-state index is 0.141. The average Bonchev–Trinajstić information content (AvgIpc) is 2.29. The van der Waals surface area contributed by atoms with Gasteiger partial charge in [-0.15, -0.1) is 0 Å².